The largest absolute Gasteiger partial charge is 0.672 e. The number of alkyl halides is 3. The third-order valence-electron chi connectivity index (χ3n) is 2.54. The van der Waals surface area contributed by atoms with Crippen molar-refractivity contribution < 1.29 is 51.0 Å². The molecule has 1 aromatic rings. The Labute approximate surface area is 135 Å². The van der Waals surface area contributed by atoms with Gasteiger partial charge >= 0.3 is 6.18 Å². The van der Waals surface area contributed by atoms with E-state index in [9.17, 15) is 13.2 Å². The fourth-order valence-corrected chi connectivity index (χ4v) is 1.41. The first-order chi connectivity index (χ1) is 8.24. The molecule has 1 fully saturated rings. The van der Waals surface area contributed by atoms with Crippen molar-refractivity contribution >= 4 is 0 Å². The summed E-state index contributed by atoms with van der Waals surface area (Å²) in [6.07, 6.45) is -2.56. The number of halogens is 3. The molecule has 0 aliphatic heterocycles. The van der Waals surface area contributed by atoms with Gasteiger partial charge in [0.15, 0.2) is 0 Å². The van der Waals surface area contributed by atoms with Gasteiger partial charge in [-0.25, -0.2) is 0 Å². The summed E-state index contributed by atoms with van der Waals surface area (Å²) < 4.78 is 34.4. The third-order valence-corrected chi connectivity index (χ3v) is 2.54. The van der Waals surface area contributed by atoms with E-state index in [0.717, 1.165) is 11.3 Å². The van der Waals surface area contributed by atoms with E-state index in [0.29, 0.717) is 12.8 Å². The van der Waals surface area contributed by atoms with Crippen LogP contribution in [0.1, 0.15) is 30.5 Å². The van der Waals surface area contributed by atoms with Crippen molar-refractivity contribution in [1.29, 1.82) is 0 Å². The van der Waals surface area contributed by atoms with E-state index in [-0.39, 0.29) is 39.3 Å². The van der Waals surface area contributed by atoms with Crippen molar-refractivity contribution in [3.63, 3.8) is 0 Å². The van der Waals surface area contributed by atoms with E-state index in [1.54, 1.807) is 12.3 Å². The van der Waals surface area contributed by atoms with E-state index < -0.39 is 18.1 Å². The van der Waals surface area contributed by atoms with Gasteiger partial charge in [0.25, 0.3) is 0 Å². The minimum Gasteiger partial charge on any atom is -0.672 e. The molecule has 0 bridgehead atoms. The van der Waals surface area contributed by atoms with Crippen LogP contribution < -0.4 is 0 Å². The molecule has 0 unspecified atom stereocenters. The molecule has 0 amide bonds. The van der Waals surface area contributed by atoms with Crippen LogP contribution >= 0.6 is 0 Å². The predicted molar refractivity (Wildman–Crippen MR) is 61.9 cm³/mol. The number of hydrogen-bond donors (Lipinski definition) is 1. The number of aromatic nitrogens is 1. The molecule has 7 heteroatoms. The molecule has 1 aliphatic rings. The molecule has 0 saturated heterocycles. The number of aryl methyl sites for hydroxylation is 1. The summed E-state index contributed by atoms with van der Waals surface area (Å²) in [7, 11) is 0. The number of nitrogens with one attached hydrogen (secondary N) is 1. The molecule has 19 heavy (non-hydrogen) atoms. The smallest absolute Gasteiger partial charge is 0.387 e. The standard InChI is InChI=1S/C7H9NO.C5H7F3N.Y/c1-6-4-7(5-9)2-3-8-6;6-5(7,8)3-4(9)1-2-4;/h2-4,9H,5H2,1H3;9H,1-3H2;/q;-1;. The number of aliphatic hydroxyl groups excluding tert-OH is 1. The van der Waals surface area contributed by atoms with Crippen molar-refractivity contribution in [3.05, 3.63) is 35.3 Å². The average molecular weight is 350 g/mol. The second-order valence-electron chi connectivity index (χ2n) is 4.54. The predicted octanol–water partition coefficient (Wildman–Crippen LogP) is 3.40. The minimum absolute atomic E-state index is 0. The third kappa shape index (κ3) is 8.68. The van der Waals surface area contributed by atoms with Gasteiger partial charge in [-0.3, -0.25) is 4.98 Å². The van der Waals surface area contributed by atoms with Crippen LogP contribution in [-0.4, -0.2) is 21.8 Å². The van der Waals surface area contributed by atoms with Crippen LogP contribution in [0.5, 0.6) is 0 Å². The van der Waals surface area contributed by atoms with Gasteiger partial charge in [-0.1, -0.05) is 12.8 Å². The van der Waals surface area contributed by atoms with Gasteiger partial charge in [-0.2, -0.15) is 13.2 Å². The van der Waals surface area contributed by atoms with E-state index in [1.165, 1.54) is 0 Å². The van der Waals surface area contributed by atoms with Gasteiger partial charge in [0, 0.05) is 51.0 Å². The molecular formula is C12H16F3N2OY-. The van der Waals surface area contributed by atoms with Gasteiger partial charge in [-0.15, -0.1) is 5.54 Å². The SMILES string of the molecule is Cc1cc(CO)ccn1.[NH-]C1(CC(F)(F)F)CC1.[Y]. The van der Waals surface area contributed by atoms with Crippen LogP contribution in [0.15, 0.2) is 18.3 Å². The van der Waals surface area contributed by atoms with Crippen LogP contribution in [-0.2, 0) is 39.3 Å². The van der Waals surface area contributed by atoms with Crippen LogP contribution in [0.25, 0.3) is 5.73 Å². The van der Waals surface area contributed by atoms with Gasteiger partial charge in [0.2, 0.25) is 0 Å². The van der Waals surface area contributed by atoms with E-state index in [1.807, 2.05) is 13.0 Å². The summed E-state index contributed by atoms with van der Waals surface area (Å²) in [5.41, 5.74) is 7.70. The molecule has 1 aromatic heterocycles. The maximum absolute atomic E-state index is 11.5. The molecule has 105 valence electrons. The minimum atomic E-state index is -4.14. The first-order valence-corrected chi connectivity index (χ1v) is 5.58. The van der Waals surface area contributed by atoms with Gasteiger partial charge in [-0.05, 0) is 24.6 Å². The zero-order valence-corrected chi connectivity index (χ0v) is 13.5. The Bertz CT molecular complexity index is 392. The number of rotatable bonds is 2. The van der Waals surface area contributed by atoms with Crippen molar-refractivity contribution in [1.82, 2.24) is 4.98 Å². The van der Waals surface area contributed by atoms with E-state index in [2.05, 4.69) is 4.98 Å². The number of aliphatic hydroxyl groups is 1. The second kappa shape index (κ2) is 7.67. The molecule has 1 radical (unpaired) electrons. The molecule has 0 spiro atoms. The van der Waals surface area contributed by atoms with Crippen LogP contribution in [0.4, 0.5) is 13.2 Å². The monoisotopic (exact) mass is 350 g/mol. The number of nitrogens with zero attached hydrogens (tertiary/aromatic N) is 1. The van der Waals surface area contributed by atoms with Crippen LogP contribution in [0, 0.1) is 6.92 Å². The summed E-state index contributed by atoms with van der Waals surface area (Å²) in [4.78, 5) is 3.98. The van der Waals surface area contributed by atoms with E-state index >= 15 is 0 Å². The molecule has 0 aromatic carbocycles. The normalized spacial score (nSPS) is 15.9. The van der Waals surface area contributed by atoms with Crippen LogP contribution in [0.3, 0.4) is 0 Å². The first-order valence-electron chi connectivity index (χ1n) is 5.58. The Balaban J connectivity index is 0.000000324. The molecule has 2 rings (SSSR count). The Morgan fingerprint density at radius 1 is 1.42 bits per heavy atom. The Hall–Kier alpha value is -0.0361. The number of pyridine rings is 1. The summed E-state index contributed by atoms with van der Waals surface area (Å²) in [5, 5.41) is 8.63. The topological polar surface area (TPSA) is 56.9 Å². The van der Waals surface area contributed by atoms with Crippen LogP contribution in [0.2, 0.25) is 0 Å². The zero-order chi connectivity index (χ0) is 13.8. The summed E-state index contributed by atoms with van der Waals surface area (Å²) >= 11 is 0. The molecule has 1 aliphatic carbocycles. The Kier molecular flexibility index (Phi) is 7.65. The summed E-state index contributed by atoms with van der Waals surface area (Å²) in [6, 6.07) is 3.66. The van der Waals surface area contributed by atoms with Gasteiger partial charge in [0.1, 0.15) is 0 Å². The van der Waals surface area contributed by atoms with Crippen molar-refractivity contribution in [2.75, 3.05) is 0 Å². The molecule has 3 nitrogen and oxygen atoms in total. The maximum Gasteiger partial charge on any atom is 0.387 e. The molecular weight excluding hydrogens is 334 g/mol. The summed E-state index contributed by atoms with van der Waals surface area (Å²) in [5.74, 6) is 0. The zero-order valence-electron chi connectivity index (χ0n) is 10.7. The maximum atomic E-state index is 11.5. The molecule has 1 heterocycles. The molecule has 1 saturated carbocycles. The average Bonchev–Trinajstić information content (AvgIpc) is 2.93. The first kappa shape index (κ1) is 19.0. The Morgan fingerprint density at radius 2 is 2.00 bits per heavy atom. The fraction of sp³-hybridized carbons (Fsp3) is 0.583. The Morgan fingerprint density at radius 3 is 2.26 bits per heavy atom. The van der Waals surface area contributed by atoms with E-state index in [4.69, 9.17) is 10.8 Å². The van der Waals surface area contributed by atoms with Crippen molar-refractivity contribution in [2.45, 2.75) is 44.5 Å². The van der Waals surface area contributed by atoms with Crippen molar-refractivity contribution in [3.8, 4) is 0 Å². The molecule has 2 N–H and O–H groups in total. The quantitative estimate of drug-likeness (QED) is 0.889. The second-order valence-corrected chi connectivity index (χ2v) is 4.54. The van der Waals surface area contributed by atoms with Crippen molar-refractivity contribution in [2.24, 2.45) is 0 Å². The number of hydrogen-bond acceptors (Lipinski definition) is 2. The fourth-order valence-electron chi connectivity index (χ4n) is 1.41. The van der Waals surface area contributed by atoms with Gasteiger partial charge < -0.3 is 10.8 Å². The summed E-state index contributed by atoms with van der Waals surface area (Å²) in [6.45, 7) is 2.00. The van der Waals surface area contributed by atoms with Gasteiger partial charge in [0.05, 0.1) is 6.61 Å². The molecule has 0 atom stereocenters.